The largest absolute Gasteiger partial charge is 0.490 e. The standard InChI is InChI=1S/C30H33FN4O.2C2HF3O2/c1-2-3-9-25-20-34(30(36)27-11-6-8-23-7-4-5-10-26(23)27)16-17-35(25)29(28-19-32-21-33-28)18-22-12-14-24(31)15-13-22;2*3-2(4,5)1(6)7/h4-8,10-15,19,21,25,29H,2-3,9,16-18,20H2,1H3,(H,32,33);2*(H,6,7)/t25-,29?;;/m0../s1. The smallest absolute Gasteiger partial charge is 0.475 e. The summed E-state index contributed by atoms with van der Waals surface area (Å²) in [5.74, 6) is -5.64. The van der Waals surface area contributed by atoms with Gasteiger partial charge in [0.05, 0.1) is 18.1 Å². The Bertz CT molecular complexity index is 1670. The van der Waals surface area contributed by atoms with E-state index >= 15 is 0 Å². The highest BCUT2D eigenvalue weighted by molar-refractivity contribution is 6.07. The molecule has 16 heteroatoms. The van der Waals surface area contributed by atoms with Crippen LogP contribution in [0.3, 0.4) is 0 Å². The van der Waals surface area contributed by atoms with Crippen molar-refractivity contribution >= 4 is 28.6 Å². The normalized spacial score (nSPS) is 15.7. The molecule has 1 aromatic heterocycles. The third-order valence-electron chi connectivity index (χ3n) is 7.83. The molecule has 2 atom stereocenters. The van der Waals surface area contributed by atoms with E-state index in [1.54, 1.807) is 6.33 Å². The van der Waals surface area contributed by atoms with Gasteiger partial charge in [-0.1, -0.05) is 68.3 Å². The number of rotatable bonds is 8. The molecular formula is C34H35F7N4O5. The number of amides is 1. The lowest BCUT2D eigenvalue weighted by Gasteiger charge is -2.45. The molecule has 2 heterocycles. The lowest BCUT2D eigenvalue weighted by Crippen LogP contribution is -2.56. The van der Waals surface area contributed by atoms with Crippen molar-refractivity contribution < 1.29 is 55.3 Å². The van der Waals surface area contributed by atoms with Crippen molar-refractivity contribution in [3.8, 4) is 0 Å². The Hall–Kier alpha value is -4.99. The quantitative estimate of drug-likeness (QED) is 0.164. The molecule has 50 heavy (non-hydrogen) atoms. The number of nitrogens with zero attached hydrogens (tertiary/aromatic N) is 3. The first-order valence-electron chi connectivity index (χ1n) is 15.4. The number of carboxylic acids is 2. The fraction of sp³-hybridized carbons (Fsp3) is 0.353. The molecule has 0 radical (unpaired) electrons. The first-order valence-corrected chi connectivity index (χ1v) is 15.4. The van der Waals surface area contributed by atoms with Gasteiger partial charge >= 0.3 is 24.3 Å². The number of fused-ring (bicyclic) bond motifs is 1. The number of H-pyrrole nitrogens is 1. The molecular weight excluding hydrogens is 677 g/mol. The molecule has 0 aliphatic carbocycles. The van der Waals surface area contributed by atoms with Crippen LogP contribution in [-0.2, 0) is 16.0 Å². The number of carbonyl (C=O) groups is 3. The third kappa shape index (κ3) is 11.3. The predicted molar refractivity (Wildman–Crippen MR) is 169 cm³/mol. The van der Waals surface area contributed by atoms with E-state index in [4.69, 9.17) is 19.8 Å². The van der Waals surface area contributed by atoms with Crippen LogP contribution in [-0.4, -0.2) is 85.9 Å². The average Bonchev–Trinajstić information content (AvgIpc) is 3.61. The molecule has 5 rings (SSSR count). The summed E-state index contributed by atoms with van der Waals surface area (Å²) in [5.41, 5.74) is 2.90. The number of aliphatic carboxylic acids is 2. The highest BCUT2D eigenvalue weighted by Crippen LogP contribution is 2.31. The van der Waals surface area contributed by atoms with E-state index in [2.05, 4.69) is 33.9 Å². The van der Waals surface area contributed by atoms with Crippen LogP contribution in [0.25, 0.3) is 10.8 Å². The number of nitrogens with one attached hydrogen (secondary N) is 1. The number of carboxylic acid groups (broad SMARTS) is 2. The summed E-state index contributed by atoms with van der Waals surface area (Å²) in [7, 11) is 0. The summed E-state index contributed by atoms with van der Waals surface area (Å²) in [6.07, 6.45) is -2.59. The maximum absolute atomic E-state index is 13.7. The molecule has 9 nitrogen and oxygen atoms in total. The summed E-state index contributed by atoms with van der Waals surface area (Å²) in [5, 5.41) is 16.3. The number of hydrogen-bond donors (Lipinski definition) is 3. The van der Waals surface area contributed by atoms with Crippen molar-refractivity contribution in [2.24, 2.45) is 0 Å². The Kier molecular flexibility index (Phi) is 13.9. The molecule has 0 spiro atoms. The van der Waals surface area contributed by atoms with Crippen molar-refractivity contribution in [1.29, 1.82) is 0 Å². The second kappa shape index (κ2) is 17.6. The fourth-order valence-corrected chi connectivity index (χ4v) is 5.44. The van der Waals surface area contributed by atoms with Gasteiger partial charge in [0.25, 0.3) is 5.91 Å². The number of alkyl halides is 6. The number of aromatic amines is 1. The second-order valence-corrected chi connectivity index (χ2v) is 11.3. The van der Waals surface area contributed by atoms with Gasteiger partial charge in [-0.15, -0.1) is 0 Å². The zero-order valence-electron chi connectivity index (χ0n) is 26.7. The third-order valence-corrected chi connectivity index (χ3v) is 7.83. The number of carbonyl (C=O) groups excluding carboxylic acids is 1. The van der Waals surface area contributed by atoms with E-state index in [0.717, 1.165) is 59.8 Å². The van der Waals surface area contributed by atoms with Crippen molar-refractivity contribution in [3.05, 3.63) is 102 Å². The Balaban J connectivity index is 0.000000408. The van der Waals surface area contributed by atoms with E-state index < -0.39 is 24.3 Å². The van der Waals surface area contributed by atoms with Crippen LogP contribution in [0.2, 0.25) is 0 Å². The number of hydrogen-bond acceptors (Lipinski definition) is 5. The Labute approximate surface area is 282 Å². The van der Waals surface area contributed by atoms with Gasteiger partial charge in [0, 0.05) is 37.4 Å². The monoisotopic (exact) mass is 712 g/mol. The minimum Gasteiger partial charge on any atom is -0.475 e. The number of aromatic nitrogens is 2. The molecule has 1 amide bonds. The predicted octanol–water partition coefficient (Wildman–Crippen LogP) is 7.27. The van der Waals surface area contributed by atoms with Crippen molar-refractivity contribution in [1.82, 2.24) is 19.8 Å². The number of benzene rings is 3. The van der Waals surface area contributed by atoms with Crippen LogP contribution in [0.4, 0.5) is 30.7 Å². The van der Waals surface area contributed by atoms with Crippen LogP contribution < -0.4 is 0 Å². The van der Waals surface area contributed by atoms with Gasteiger partial charge < -0.3 is 20.1 Å². The maximum atomic E-state index is 13.7. The Morgan fingerprint density at radius 2 is 1.50 bits per heavy atom. The van der Waals surface area contributed by atoms with Crippen molar-refractivity contribution in [2.75, 3.05) is 19.6 Å². The summed E-state index contributed by atoms with van der Waals surface area (Å²) < 4.78 is 77.0. The summed E-state index contributed by atoms with van der Waals surface area (Å²) in [6, 6.07) is 21.1. The van der Waals surface area contributed by atoms with Gasteiger partial charge in [-0.3, -0.25) is 9.69 Å². The lowest BCUT2D eigenvalue weighted by atomic mass is 9.96. The van der Waals surface area contributed by atoms with Gasteiger partial charge in [-0.25, -0.2) is 19.0 Å². The molecule has 0 bridgehead atoms. The maximum Gasteiger partial charge on any atom is 0.490 e. The molecule has 0 saturated carbocycles. The second-order valence-electron chi connectivity index (χ2n) is 11.3. The number of imidazole rings is 1. The molecule has 1 unspecified atom stereocenters. The van der Waals surface area contributed by atoms with Crippen LogP contribution in [0.5, 0.6) is 0 Å². The molecule has 3 aromatic carbocycles. The molecule has 1 aliphatic rings. The zero-order chi connectivity index (χ0) is 37.1. The van der Waals surface area contributed by atoms with E-state index in [-0.39, 0.29) is 23.8 Å². The van der Waals surface area contributed by atoms with E-state index in [1.807, 2.05) is 53.6 Å². The average molecular weight is 713 g/mol. The highest BCUT2D eigenvalue weighted by Gasteiger charge is 2.39. The summed E-state index contributed by atoms with van der Waals surface area (Å²) in [4.78, 5) is 43.7. The van der Waals surface area contributed by atoms with Gasteiger partial charge in [-0.2, -0.15) is 26.3 Å². The number of unbranched alkanes of at least 4 members (excludes halogenated alkanes) is 1. The van der Waals surface area contributed by atoms with Crippen LogP contribution in [0.15, 0.2) is 79.3 Å². The SMILES string of the molecule is CCCC[C@H]1CN(C(=O)c2cccc3ccccc23)CCN1C(Cc1ccc(F)cc1)c1cnc[nH]1.O=C(O)C(F)(F)F.O=C(O)C(F)(F)F. The van der Waals surface area contributed by atoms with Crippen LogP contribution in [0, 0.1) is 5.82 Å². The van der Waals surface area contributed by atoms with Gasteiger partial charge in [0.1, 0.15) is 5.82 Å². The summed E-state index contributed by atoms with van der Waals surface area (Å²) in [6.45, 7) is 4.34. The van der Waals surface area contributed by atoms with Gasteiger partial charge in [0.2, 0.25) is 0 Å². The number of piperazine rings is 1. The van der Waals surface area contributed by atoms with Gasteiger partial charge in [0.15, 0.2) is 0 Å². The van der Waals surface area contributed by atoms with Crippen LogP contribution in [0.1, 0.15) is 53.8 Å². The molecule has 270 valence electrons. The van der Waals surface area contributed by atoms with Crippen molar-refractivity contribution in [2.45, 2.75) is 57.0 Å². The van der Waals surface area contributed by atoms with E-state index in [9.17, 15) is 35.5 Å². The highest BCUT2D eigenvalue weighted by atomic mass is 19.4. The molecule has 1 aliphatic heterocycles. The Morgan fingerprint density at radius 3 is 2.06 bits per heavy atom. The zero-order valence-corrected chi connectivity index (χ0v) is 26.7. The minimum absolute atomic E-state index is 0.0784. The molecule has 1 saturated heterocycles. The topological polar surface area (TPSA) is 127 Å². The number of halogens is 7. The van der Waals surface area contributed by atoms with E-state index in [1.165, 1.54) is 12.1 Å². The molecule has 4 aromatic rings. The van der Waals surface area contributed by atoms with Crippen LogP contribution >= 0.6 is 0 Å². The first kappa shape index (κ1) is 39.4. The molecule has 3 N–H and O–H groups in total. The molecule has 1 fully saturated rings. The fourth-order valence-electron chi connectivity index (χ4n) is 5.44. The minimum atomic E-state index is -5.08. The Morgan fingerprint density at radius 1 is 0.900 bits per heavy atom. The lowest BCUT2D eigenvalue weighted by molar-refractivity contribution is -0.193. The summed E-state index contributed by atoms with van der Waals surface area (Å²) >= 11 is 0. The van der Waals surface area contributed by atoms with Gasteiger partial charge in [-0.05, 0) is 47.4 Å². The van der Waals surface area contributed by atoms with Crippen molar-refractivity contribution in [3.63, 3.8) is 0 Å². The first-order chi connectivity index (χ1) is 23.5. The van der Waals surface area contributed by atoms with E-state index in [0.29, 0.717) is 13.1 Å².